The fourth-order valence-corrected chi connectivity index (χ4v) is 6.86. The van der Waals surface area contributed by atoms with Gasteiger partial charge in [-0.05, 0) is 60.8 Å². The molecule has 2 saturated carbocycles. The highest BCUT2D eigenvalue weighted by atomic mass is 32.2. The monoisotopic (exact) mass is 404 g/mol. The Morgan fingerprint density at radius 1 is 1.25 bits per heavy atom. The number of anilines is 1. The predicted octanol–water partition coefficient (Wildman–Crippen LogP) is 1.63. The lowest BCUT2D eigenvalue weighted by atomic mass is 10.2. The molecule has 3 atom stereocenters. The van der Waals surface area contributed by atoms with Gasteiger partial charge in [-0.25, -0.2) is 17.7 Å². The highest BCUT2D eigenvalue weighted by molar-refractivity contribution is 7.89. The molecule has 0 unspecified atom stereocenters. The van der Waals surface area contributed by atoms with Crippen LogP contribution in [-0.2, 0) is 14.8 Å². The molecule has 4 rings (SSSR count). The van der Waals surface area contributed by atoms with E-state index in [2.05, 4.69) is 10.3 Å². The summed E-state index contributed by atoms with van der Waals surface area (Å²) in [5.74, 6) is 1.81. The molecule has 8 heteroatoms. The van der Waals surface area contributed by atoms with E-state index in [0.717, 1.165) is 37.7 Å². The number of rotatable bonds is 7. The van der Waals surface area contributed by atoms with Crippen LogP contribution in [0.1, 0.15) is 37.7 Å². The summed E-state index contributed by atoms with van der Waals surface area (Å²) in [4.78, 5) is 15.9. The summed E-state index contributed by atoms with van der Waals surface area (Å²) in [6.07, 6.45) is 9.46. The van der Waals surface area contributed by atoms with Crippen molar-refractivity contribution < 1.29 is 13.2 Å². The van der Waals surface area contributed by atoms with Gasteiger partial charge in [0.1, 0.15) is 5.82 Å². The number of nitrogen functional groups attached to an aromatic ring is 1. The van der Waals surface area contributed by atoms with Crippen molar-refractivity contribution in [3.05, 3.63) is 30.0 Å². The molecule has 1 aromatic rings. The maximum atomic E-state index is 12.7. The number of fused-ring (bicyclic) bond motifs is 1. The summed E-state index contributed by atoms with van der Waals surface area (Å²) in [5.41, 5.74) is 6.36. The van der Waals surface area contributed by atoms with Gasteiger partial charge in [-0.15, -0.1) is 0 Å². The van der Waals surface area contributed by atoms with Gasteiger partial charge in [-0.3, -0.25) is 4.79 Å². The smallest absolute Gasteiger partial charge is 0.244 e. The van der Waals surface area contributed by atoms with Crippen LogP contribution in [0.4, 0.5) is 5.82 Å². The molecule has 3 fully saturated rings. The molecule has 7 nitrogen and oxygen atoms in total. The van der Waals surface area contributed by atoms with Crippen molar-refractivity contribution in [3.63, 3.8) is 0 Å². The number of pyridine rings is 1. The number of carbonyl (C=O) groups excluding carboxylic acids is 1. The Kier molecular flexibility index (Phi) is 5.42. The quantitative estimate of drug-likeness (QED) is 0.672. The fourth-order valence-electron chi connectivity index (χ4n) is 4.75. The van der Waals surface area contributed by atoms with Crippen LogP contribution in [0, 0.1) is 17.8 Å². The van der Waals surface area contributed by atoms with Gasteiger partial charge < -0.3 is 11.1 Å². The van der Waals surface area contributed by atoms with Gasteiger partial charge >= 0.3 is 0 Å². The number of aromatic nitrogens is 1. The molecule has 1 aromatic heterocycles. The standard InChI is InChI=1S/C20H28N4O3S/c21-19-7-5-14(11-23-19)6-8-20(25)22-10-9-16-17-12-24(13-18(16)17)28(26,27)15-3-1-2-4-15/h5-8,11,15-18H,1-4,9-10,12-13H2,(H2,21,23)(H,22,25)/b8-6+/t16-,17+,18-. The van der Waals surface area contributed by atoms with Crippen LogP contribution in [0.5, 0.6) is 0 Å². The topological polar surface area (TPSA) is 105 Å². The second-order valence-corrected chi connectivity index (χ2v) is 10.4. The van der Waals surface area contributed by atoms with Gasteiger partial charge in [0.25, 0.3) is 0 Å². The zero-order valence-corrected chi connectivity index (χ0v) is 16.8. The molecule has 0 aromatic carbocycles. The molecule has 0 radical (unpaired) electrons. The fraction of sp³-hybridized carbons (Fsp3) is 0.600. The molecular formula is C20H28N4O3S. The molecule has 152 valence electrons. The van der Waals surface area contributed by atoms with Gasteiger partial charge in [0.15, 0.2) is 0 Å². The molecule has 3 N–H and O–H groups in total. The first kappa shape index (κ1) is 19.4. The van der Waals surface area contributed by atoms with Crippen molar-refractivity contribution >= 4 is 27.8 Å². The summed E-state index contributed by atoms with van der Waals surface area (Å²) in [5, 5.41) is 2.76. The summed E-state index contributed by atoms with van der Waals surface area (Å²) in [6, 6.07) is 3.50. The summed E-state index contributed by atoms with van der Waals surface area (Å²) in [7, 11) is -3.09. The van der Waals surface area contributed by atoms with E-state index < -0.39 is 10.0 Å². The second kappa shape index (κ2) is 7.83. The molecule has 3 aliphatic rings. The van der Waals surface area contributed by atoms with Crippen LogP contribution >= 0.6 is 0 Å². The number of nitrogens with zero attached hydrogens (tertiary/aromatic N) is 2. The van der Waals surface area contributed by atoms with Crippen LogP contribution in [-0.4, -0.2) is 48.5 Å². The Balaban J connectivity index is 1.17. The summed E-state index contributed by atoms with van der Waals surface area (Å²) in [6.45, 7) is 1.97. The molecule has 0 spiro atoms. The van der Waals surface area contributed by atoms with Crippen molar-refractivity contribution in [2.24, 2.45) is 17.8 Å². The van der Waals surface area contributed by atoms with E-state index in [9.17, 15) is 13.2 Å². The molecule has 1 amide bonds. The van der Waals surface area contributed by atoms with Gasteiger partial charge in [0, 0.05) is 31.9 Å². The highest BCUT2D eigenvalue weighted by Crippen LogP contribution is 2.54. The lowest BCUT2D eigenvalue weighted by Gasteiger charge is -2.23. The first-order valence-corrected chi connectivity index (χ1v) is 11.6. The molecule has 28 heavy (non-hydrogen) atoms. The Morgan fingerprint density at radius 2 is 1.96 bits per heavy atom. The third kappa shape index (κ3) is 4.07. The van der Waals surface area contributed by atoms with Crippen molar-refractivity contribution in [2.45, 2.75) is 37.4 Å². The van der Waals surface area contributed by atoms with Crippen LogP contribution in [0.3, 0.4) is 0 Å². The van der Waals surface area contributed by atoms with Gasteiger partial charge in [-0.2, -0.15) is 0 Å². The number of sulfonamides is 1. The van der Waals surface area contributed by atoms with Crippen molar-refractivity contribution in [3.8, 4) is 0 Å². The molecule has 0 bridgehead atoms. The minimum Gasteiger partial charge on any atom is -0.384 e. The van der Waals surface area contributed by atoms with Crippen LogP contribution in [0.25, 0.3) is 6.08 Å². The lowest BCUT2D eigenvalue weighted by Crippen LogP contribution is -2.38. The maximum Gasteiger partial charge on any atom is 0.244 e. The van der Waals surface area contributed by atoms with Crippen LogP contribution < -0.4 is 11.1 Å². The van der Waals surface area contributed by atoms with E-state index in [0.29, 0.717) is 43.2 Å². The van der Waals surface area contributed by atoms with Gasteiger partial charge in [0.2, 0.25) is 15.9 Å². The number of hydrogen-bond acceptors (Lipinski definition) is 5. The SMILES string of the molecule is Nc1ccc(/C=C/C(=O)NCC[C@H]2[C@H]3CN(S(=O)(=O)C4CCCC4)C[C@@H]23)cn1. The predicted molar refractivity (Wildman–Crippen MR) is 109 cm³/mol. The second-order valence-electron chi connectivity index (χ2n) is 8.19. The molecule has 2 aliphatic carbocycles. The maximum absolute atomic E-state index is 12.7. The third-order valence-electron chi connectivity index (χ3n) is 6.43. The first-order valence-electron chi connectivity index (χ1n) is 10.1. The minimum absolute atomic E-state index is 0.131. The van der Waals surface area contributed by atoms with Gasteiger partial charge in [-0.1, -0.05) is 12.8 Å². The molecule has 2 heterocycles. The van der Waals surface area contributed by atoms with E-state index in [1.165, 1.54) is 6.08 Å². The molecule has 1 aliphatic heterocycles. The first-order chi connectivity index (χ1) is 13.4. The normalized spacial score (nSPS) is 27.9. The van der Waals surface area contributed by atoms with E-state index in [1.807, 2.05) is 6.07 Å². The van der Waals surface area contributed by atoms with E-state index in [1.54, 1.807) is 22.6 Å². The number of amides is 1. The van der Waals surface area contributed by atoms with E-state index in [-0.39, 0.29) is 11.2 Å². The average Bonchev–Trinajstić information content (AvgIpc) is 3.11. The zero-order valence-electron chi connectivity index (χ0n) is 16.0. The molecular weight excluding hydrogens is 376 g/mol. The van der Waals surface area contributed by atoms with Crippen LogP contribution in [0.15, 0.2) is 24.4 Å². The summed E-state index contributed by atoms with van der Waals surface area (Å²) < 4.78 is 27.1. The third-order valence-corrected chi connectivity index (χ3v) is 8.77. The number of nitrogens with one attached hydrogen (secondary N) is 1. The number of hydrogen-bond donors (Lipinski definition) is 2. The van der Waals surface area contributed by atoms with Gasteiger partial charge in [0.05, 0.1) is 5.25 Å². The average molecular weight is 405 g/mol. The van der Waals surface area contributed by atoms with E-state index >= 15 is 0 Å². The van der Waals surface area contributed by atoms with Crippen molar-refractivity contribution in [2.75, 3.05) is 25.4 Å². The largest absolute Gasteiger partial charge is 0.384 e. The number of carbonyl (C=O) groups is 1. The Hall–Kier alpha value is -1.93. The Morgan fingerprint density at radius 3 is 2.61 bits per heavy atom. The zero-order chi connectivity index (χ0) is 19.7. The number of piperidine rings is 1. The highest BCUT2D eigenvalue weighted by Gasteiger charge is 2.57. The Labute approximate surface area is 166 Å². The van der Waals surface area contributed by atoms with E-state index in [4.69, 9.17) is 5.73 Å². The number of nitrogens with two attached hydrogens (primary N) is 1. The van der Waals surface area contributed by atoms with Crippen LogP contribution in [0.2, 0.25) is 0 Å². The minimum atomic E-state index is -3.09. The van der Waals surface area contributed by atoms with Crippen molar-refractivity contribution in [1.82, 2.24) is 14.6 Å². The Bertz CT molecular complexity index is 835. The summed E-state index contributed by atoms with van der Waals surface area (Å²) >= 11 is 0. The van der Waals surface area contributed by atoms with Crippen molar-refractivity contribution in [1.29, 1.82) is 0 Å². The lowest BCUT2D eigenvalue weighted by molar-refractivity contribution is -0.116. The molecule has 1 saturated heterocycles.